The van der Waals surface area contributed by atoms with Crippen molar-refractivity contribution < 1.29 is 8.42 Å². The van der Waals surface area contributed by atoms with Crippen LogP contribution in [0.3, 0.4) is 0 Å². The van der Waals surface area contributed by atoms with Gasteiger partial charge in [-0.1, -0.05) is 4.49 Å². The normalized spacial score (nSPS) is 12.1. The van der Waals surface area contributed by atoms with Crippen molar-refractivity contribution in [1.29, 1.82) is 0 Å². The van der Waals surface area contributed by atoms with Crippen LogP contribution in [0.2, 0.25) is 0 Å². The predicted molar refractivity (Wildman–Crippen MR) is 50.5 cm³/mol. The minimum Gasteiger partial charge on any atom is -0.207 e. The van der Waals surface area contributed by atoms with Crippen LogP contribution in [0.4, 0.5) is 0 Å². The Labute approximate surface area is 82.7 Å². The van der Waals surface area contributed by atoms with Gasteiger partial charge in [0.1, 0.15) is 5.52 Å². The number of aromatic nitrogens is 2. The highest BCUT2D eigenvalue weighted by Gasteiger charge is 2.11. The maximum Gasteiger partial charge on any atom is 0.261 e. The van der Waals surface area contributed by atoms with Crippen LogP contribution in [0.1, 0.15) is 0 Å². The molecule has 13 heavy (non-hydrogen) atoms. The van der Waals surface area contributed by atoms with Crippen molar-refractivity contribution in [1.82, 2.24) is 9.59 Å². The van der Waals surface area contributed by atoms with Gasteiger partial charge >= 0.3 is 0 Å². The van der Waals surface area contributed by atoms with Gasteiger partial charge in [-0.3, -0.25) is 0 Å². The SMILES string of the molecule is O=S(=O)(Cl)c1ccc2nnsc2c1. The lowest BCUT2D eigenvalue weighted by Crippen LogP contribution is -1.88. The van der Waals surface area contributed by atoms with Crippen molar-refractivity contribution in [3.63, 3.8) is 0 Å². The largest absolute Gasteiger partial charge is 0.261 e. The quantitative estimate of drug-likeness (QED) is 0.704. The van der Waals surface area contributed by atoms with Crippen molar-refractivity contribution in [3.05, 3.63) is 18.2 Å². The first-order valence-corrected chi connectivity index (χ1v) is 6.32. The summed E-state index contributed by atoms with van der Waals surface area (Å²) in [5.41, 5.74) is 0.675. The lowest BCUT2D eigenvalue weighted by Gasteiger charge is -1.93. The second kappa shape index (κ2) is 2.90. The number of benzene rings is 1. The van der Waals surface area contributed by atoms with Gasteiger partial charge in [0.15, 0.2) is 0 Å². The fourth-order valence-corrected chi connectivity index (χ4v) is 2.36. The van der Waals surface area contributed by atoms with Crippen LogP contribution in [0.25, 0.3) is 10.2 Å². The van der Waals surface area contributed by atoms with Crippen LogP contribution in [0, 0.1) is 0 Å². The van der Waals surface area contributed by atoms with E-state index in [-0.39, 0.29) is 4.90 Å². The molecule has 1 aromatic heterocycles. The molecule has 1 heterocycles. The van der Waals surface area contributed by atoms with Gasteiger partial charge in [0.25, 0.3) is 9.05 Å². The predicted octanol–water partition coefficient (Wildman–Crippen LogP) is 1.62. The van der Waals surface area contributed by atoms with Gasteiger partial charge in [-0.25, -0.2) is 8.42 Å². The summed E-state index contributed by atoms with van der Waals surface area (Å²) < 4.78 is 26.2. The smallest absolute Gasteiger partial charge is 0.207 e. The molecule has 68 valence electrons. The fourth-order valence-electron chi connectivity index (χ4n) is 0.910. The molecular formula is C6H3ClN2O2S2. The Kier molecular flexibility index (Phi) is 1.98. The van der Waals surface area contributed by atoms with Crippen molar-refractivity contribution >= 4 is 41.5 Å². The van der Waals surface area contributed by atoms with Crippen molar-refractivity contribution in [2.24, 2.45) is 0 Å². The number of fused-ring (bicyclic) bond motifs is 1. The monoisotopic (exact) mass is 234 g/mol. The molecule has 4 nitrogen and oxygen atoms in total. The highest BCUT2D eigenvalue weighted by atomic mass is 35.7. The average Bonchev–Trinajstić information content (AvgIpc) is 2.47. The maximum atomic E-state index is 10.9. The zero-order chi connectivity index (χ0) is 9.47. The Morgan fingerprint density at radius 3 is 2.85 bits per heavy atom. The standard InChI is InChI=1S/C6H3ClN2O2S2/c7-13(10,11)4-1-2-5-6(3-4)12-9-8-5/h1-3H. The lowest BCUT2D eigenvalue weighted by molar-refractivity contribution is 0.609. The van der Waals surface area contributed by atoms with Crippen LogP contribution in [0.5, 0.6) is 0 Å². The molecule has 0 spiro atoms. The molecule has 1 aromatic carbocycles. The number of halogens is 1. The maximum absolute atomic E-state index is 10.9. The summed E-state index contributed by atoms with van der Waals surface area (Å²) in [4.78, 5) is 0.0766. The summed E-state index contributed by atoms with van der Waals surface area (Å²) in [5, 5.41) is 3.77. The minimum atomic E-state index is -3.65. The minimum absolute atomic E-state index is 0.0766. The summed E-state index contributed by atoms with van der Waals surface area (Å²) in [6.45, 7) is 0. The lowest BCUT2D eigenvalue weighted by atomic mass is 10.3. The summed E-state index contributed by atoms with van der Waals surface area (Å²) in [6, 6.07) is 4.45. The Balaban J connectivity index is 2.75. The molecule has 0 unspecified atom stereocenters. The van der Waals surface area contributed by atoms with Crippen molar-refractivity contribution in [2.45, 2.75) is 4.90 Å². The summed E-state index contributed by atoms with van der Waals surface area (Å²) >= 11 is 1.13. The Hall–Kier alpha value is -0.720. The second-order valence-corrected chi connectivity index (χ2v) is 5.69. The Bertz CT molecular complexity index is 549. The van der Waals surface area contributed by atoms with Crippen molar-refractivity contribution in [2.75, 3.05) is 0 Å². The second-order valence-electron chi connectivity index (χ2n) is 2.34. The molecule has 0 saturated carbocycles. The number of hydrogen-bond acceptors (Lipinski definition) is 5. The van der Waals surface area contributed by atoms with E-state index in [1.165, 1.54) is 12.1 Å². The van der Waals surface area contributed by atoms with E-state index in [0.29, 0.717) is 10.2 Å². The molecule has 2 aromatic rings. The Morgan fingerprint density at radius 2 is 2.15 bits per heavy atom. The molecule has 0 radical (unpaired) electrons. The average molecular weight is 235 g/mol. The molecule has 0 amide bonds. The summed E-state index contributed by atoms with van der Waals surface area (Å²) in [6.07, 6.45) is 0. The third-order valence-corrected chi connectivity index (χ3v) is 3.54. The number of nitrogens with zero attached hydrogens (tertiary/aromatic N) is 2. The molecular weight excluding hydrogens is 232 g/mol. The molecule has 0 atom stereocenters. The Morgan fingerprint density at radius 1 is 1.38 bits per heavy atom. The molecule has 0 N–H and O–H groups in total. The highest BCUT2D eigenvalue weighted by molar-refractivity contribution is 8.13. The van der Waals surface area contributed by atoms with Gasteiger partial charge in [0.05, 0.1) is 9.60 Å². The first-order chi connectivity index (χ1) is 6.07. The molecule has 7 heteroatoms. The zero-order valence-corrected chi connectivity index (χ0v) is 8.53. The number of rotatable bonds is 1. The molecule has 2 rings (SSSR count). The van der Waals surface area contributed by atoms with Gasteiger partial charge in [-0.2, -0.15) is 0 Å². The first-order valence-electron chi connectivity index (χ1n) is 3.24. The van der Waals surface area contributed by atoms with E-state index < -0.39 is 9.05 Å². The van der Waals surface area contributed by atoms with E-state index in [1.54, 1.807) is 6.07 Å². The van der Waals surface area contributed by atoms with Crippen LogP contribution in [-0.4, -0.2) is 18.0 Å². The van der Waals surface area contributed by atoms with Gasteiger partial charge < -0.3 is 0 Å². The fraction of sp³-hybridized carbons (Fsp3) is 0. The van der Waals surface area contributed by atoms with E-state index in [9.17, 15) is 8.42 Å². The van der Waals surface area contributed by atoms with Crippen LogP contribution >= 0.6 is 22.2 Å². The van der Waals surface area contributed by atoms with Gasteiger partial charge in [-0.15, -0.1) is 5.10 Å². The third-order valence-electron chi connectivity index (χ3n) is 1.50. The van der Waals surface area contributed by atoms with Gasteiger partial charge in [-0.05, 0) is 29.7 Å². The van der Waals surface area contributed by atoms with Crippen LogP contribution < -0.4 is 0 Å². The first kappa shape index (κ1) is 8.86. The summed E-state index contributed by atoms with van der Waals surface area (Å²) in [5.74, 6) is 0. The zero-order valence-electron chi connectivity index (χ0n) is 6.14. The highest BCUT2D eigenvalue weighted by Crippen LogP contribution is 2.22. The van der Waals surface area contributed by atoms with E-state index in [1.807, 2.05) is 0 Å². The summed E-state index contributed by atoms with van der Waals surface area (Å²) in [7, 11) is 1.51. The van der Waals surface area contributed by atoms with E-state index in [2.05, 4.69) is 9.59 Å². The molecule has 0 aliphatic rings. The third kappa shape index (κ3) is 1.65. The molecule has 0 aliphatic carbocycles. The number of hydrogen-bond donors (Lipinski definition) is 0. The topological polar surface area (TPSA) is 59.9 Å². The van der Waals surface area contributed by atoms with Crippen LogP contribution in [-0.2, 0) is 9.05 Å². The van der Waals surface area contributed by atoms with Gasteiger partial charge in [0, 0.05) is 10.7 Å². The molecule has 0 aliphatic heterocycles. The van der Waals surface area contributed by atoms with E-state index in [4.69, 9.17) is 10.7 Å². The molecule has 0 bridgehead atoms. The van der Waals surface area contributed by atoms with Gasteiger partial charge in [0.2, 0.25) is 0 Å². The van der Waals surface area contributed by atoms with Crippen LogP contribution in [0.15, 0.2) is 23.1 Å². The molecule has 0 fully saturated rings. The van der Waals surface area contributed by atoms with E-state index >= 15 is 0 Å². The van der Waals surface area contributed by atoms with Crippen molar-refractivity contribution in [3.8, 4) is 0 Å². The van der Waals surface area contributed by atoms with E-state index in [0.717, 1.165) is 11.5 Å². The molecule has 0 saturated heterocycles.